The van der Waals surface area contributed by atoms with Crippen LogP contribution < -0.4 is 5.32 Å². The summed E-state index contributed by atoms with van der Waals surface area (Å²) in [5.41, 5.74) is 1.23. The van der Waals surface area contributed by atoms with E-state index in [9.17, 15) is 4.79 Å². The van der Waals surface area contributed by atoms with Gasteiger partial charge in [0.15, 0.2) is 0 Å². The summed E-state index contributed by atoms with van der Waals surface area (Å²) in [4.78, 5) is 13.0. The molecule has 1 atom stereocenters. The smallest absolute Gasteiger partial charge is 0.230 e. The molecule has 1 aromatic rings. The number of nitrogens with one attached hydrogen (secondary N) is 1. The quantitative estimate of drug-likeness (QED) is 0.753. The highest BCUT2D eigenvalue weighted by molar-refractivity contribution is 8.00. The van der Waals surface area contributed by atoms with Crippen LogP contribution in [0.2, 0.25) is 0 Å². The number of hydrogen-bond donors (Lipinski definition) is 2. The Bertz CT molecular complexity index is 415. The van der Waals surface area contributed by atoms with E-state index >= 15 is 0 Å². The Morgan fingerprint density at radius 1 is 1.42 bits per heavy atom. The van der Waals surface area contributed by atoms with Gasteiger partial charge in [0.2, 0.25) is 5.91 Å². The van der Waals surface area contributed by atoms with Crippen molar-refractivity contribution in [2.24, 2.45) is 5.92 Å². The molecule has 0 aromatic heterocycles. The highest BCUT2D eigenvalue weighted by atomic mass is 32.2. The maximum atomic E-state index is 11.9. The number of benzene rings is 1. The summed E-state index contributed by atoms with van der Waals surface area (Å²) in [6.07, 6.45) is 3.03. The molecular weight excluding hydrogens is 258 g/mol. The zero-order valence-electron chi connectivity index (χ0n) is 11.3. The molecule has 1 fully saturated rings. The Hall–Kier alpha value is -1.00. The lowest BCUT2D eigenvalue weighted by molar-refractivity contribution is -0.119. The molecule has 19 heavy (non-hydrogen) atoms. The maximum Gasteiger partial charge on any atom is 0.230 e. The molecule has 2 N–H and O–H groups in total. The van der Waals surface area contributed by atoms with Crippen molar-refractivity contribution in [3.63, 3.8) is 0 Å². The summed E-state index contributed by atoms with van der Waals surface area (Å²) in [5.74, 6) is 1.09. The largest absolute Gasteiger partial charge is 0.396 e. The molecule has 1 saturated carbocycles. The SMILES string of the molecule is Cc1ccc(SCC(=O)NC(CCO)C2CC2)cc1. The van der Waals surface area contributed by atoms with Gasteiger partial charge in [0, 0.05) is 17.5 Å². The van der Waals surface area contributed by atoms with Crippen molar-refractivity contribution >= 4 is 17.7 Å². The first-order chi connectivity index (χ1) is 9.19. The van der Waals surface area contributed by atoms with Crippen LogP contribution in [0.5, 0.6) is 0 Å². The molecule has 1 aromatic carbocycles. The molecule has 104 valence electrons. The molecule has 3 nitrogen and oxygen atoms in total. The Labute approximate surface area is 118 Å². The first kappa shape index (κ1) is 14.4. The minimum absolute atomic E-state index is 0.0657. The van der Waals surface area contributed by atoms with Crippen LogP contribution in [0.3, 0.4) is 0 Å². The molecule has 0 heterocycles. The summed E-state index contributed by atoms with van der Waals surface area (Å²) < 4.78 is 0. The number of thioether (sulfide) groups is 1. The molecule has 0 saturated heterocycles. The number of amides is 1. The molecule has 0 spiro atoms. The van der Waals surface area contributed by atoms with Crippen LogP contribution in [0.1, 0.15) is 24.8 Å². The van der Waals surface area contributed by atoms with Crippen molar-refractivity contribution < 1.29 is 9.90 Å². The van der Waals surface area contributed by atoms with E-state index in [1.165, 1.54) is 18.4 Å². The van der Waals surface area contributed by atoms with Gasteiger partial charge in [-0.2, -0.15) is 0 Å². The molecule has 1 unspecified atom stereocenters. The Balaban J connectivity index is 1.75. The highest BCUT2D eigenvalue weighted by Crippen LogP contribution is 2.34. The highest BCUT2D eigenvalue weighted by Gasteiger charge is 2.31. The van der Waals surface area contributed by atoms with Crippen LogP contribution in [0.25, 0.3) is 0 Å². The molecule has 1 aliphatic rings. The van der Waals surface area contributed by atoms with Gasteiger partial charge in [0.25, 0.3) is 0 Å². The van der Waals surface area contributed by atoms with E-state index in [0.29, 0.717) is 18.1 Å². The van der Waals surface area contributed by atoms with Gasteiger partial charge in [-0.1, -0.05) is 17.7 Å². The van der Waals surface area contributed by atoms with Crippen LogP contribution in [-0.2, 0) is 4.79 Å². The number of carbonyl (C=O) groups is 1. The van der Waals surface area contributed by atoms with E-state index in [-0.39, 0.29) is 18.6 Å². The average molecular weight is 279 g/mol. The second kappa shape index (κ2) is 6.96. The number of rotatable bonds is 7. The fourth-order valence-corrected chi connectivity index (χ4v) is 2.80. The summed E-state index contributed by atoms with van der Waals surface area (Å²) in [7, 11) is 0. The monoisotopic (exact) mass is 279 g/mol. The minimum atomic E-state index is 0.0657. The second-order valence-corrected chi connectivity index (χ2v) is 6.17. The number of hydrogen-bond acceptors (Lipinski definition) is 3. The molecule has 1 amide bonds. The van der Waals surface area contributed by atoms with Crippen molar-refractivity contribution in [3.8, 4) is 0 Å². The number of aryl methyl sites for hydroxylation is 1. The van der Waals surface area contributed by atoms with Gasteiger partial charge in [-0.05, 0) is 44.2 Å². The zero-order valence-corrected chi connectivity index (χ0v) is 12.1. The van der Waals surface area contributed by atoms with Crippen molar-refractivity contribution in [2.75, 3.05) is 12.4 Å². The lowest BCUT2D eigenvalue weighted by Crippen LogP contribution is -2.38. The minimum Gasteiger partial charge on any atom is -0.396 e. The van der Waals surface area contributed by atoms with Gasteiger partial charge in [-0.3, -0.25) is 4.79 Å². The summed E-state index contributed by atoms with van der Waals surface area (Å²) in [6.45, 7) is 2.20. The van der Waals surface area contributed by atoms with E-state index in [4.69, 9.17) is 5.11 Å². The second-order valence-electron chi connectivity index (χ2n) is 5.13. The molecule has 4 heteroatoms. The van der Waals surface area contributed by atoms with Gasteiger partial charge >= 0.3 is 0 Å². The summed E-state index contributed by atoms with van der Waals surface area (Å²) in [5, 5.41) is 12.0. The van der Waals surface area contributed by atoms with E-state index in [1.54, 1.807) is 11.8 Å². The van der Waals surface area contributed by atoms with Crippen LogP contribution >= 0.6 is 11.8 Å². The van der Waals surface area contributed by atoms with Gasteiger partial charge in [0.05, 0.1) is 5.75 Å². The van der Waals surface area contributed by atoms with Crippen LogP contribution in [-0.4, -0.2) is 29.4 Å². The fourth-order valence-electron chi connectivity index (χ4n) is 2.10. The first-order valence-corrected chi connectivity index (χ1v) is 7.77. The van der Waals surface area contributed by atoms with E-state index in [1.807, 2.05) is 12.1 Å². The summed E-state index contributed by atoms with van der Waals surface area (Å²) in [6, 6.07) is 8.35. The molecule has 0 bridgehead atoms. The van der Waals surface area contributed by atoms with Gasteiger partial charge < -0.3 is 10.4 Å². The number of aliphatic hydroxyl groups is 1. The van der Waals surface area contributed by atoms with E-state index in [2.05, 4.69) is 24.4 Å². The third-order valence-electron chi connectivity index (χ3n) is 3.37. The van der Waals surface area contributed by atoms with Crippen molar-refractivity contribution in [1.82, 2.24) is 5.32 Å². The maximum absolute atomic E-state index is 11.9. The molecule has 2 rings (SSSR count). The number of carbonyl (C=O) groups excluding carboxylic acids is 1. The third kappa shape index (κ3) is 4.88. The van der Waals surface area contributed by atoms with Crippen molar-refractivity contribution in [3.05, 3.63) is 29.8 Å². The van der Waals surface area contributed by atoms with Crippen molar-refractivity contribution in [1.29, 1.82) is 0 Å². The molecular formula is C15H21NO2S. The van der Waals surface area contributed by atoms with Crippen LogP contribution in [0, 0.1) is 12.8 Å². The standard InChI is InChI=1S/C15H21NO2S/c1-11-2-6-13(7-3-11)19-10-15(18)16-14(8-9-17)12-4-5-12/h2-3,6-7,12,14,17H,4-5,8-10H2,1H3,(H,16,18). The first-order valence-electron chi connectivity index (χ1n) is 6.78. The van der Waals surface area contributed by atoms with E-state index < -0.39 is 0 Å². The van der Waals surface area contributed by atoms with E-state index in [0.717, 1.165) is 4.90 Å². The molecule has 0 radical (unpaired) electrons. The normalized spacial score (nSPS) is 16.1. The summed E-state index contributed by atoms with van der Waals surface area (Å²) >= 11 is 1.55. The lowest BCUT2D eigenvalue weighted by Gasteiger charge is -2.16. The van der Waals surface area contributed by atoms with Gasteiger partial charge in [0.1, 0.15) is 0 Å². The lowest BCUT2D eigenvalue weighted by atomic mass is 10.1. The van der Waals surface area contributed by atoms with Crippen LogP contribution in [0.15, 0.2) is 29.2 Å². The topological polar surface area (TPSA) is 49.3 Å². The van der Waals surface area contributed by atoms with Crippen molar-refractivity contribution in [2.45, 2.75) is 37.1 Å². The Morgan fingerprint density at radius 2 is 2.11 bits per heavy atom. The predicted octanol–water partition coefficient (Wildman–Crippen LogP) is 2.36. The van der Waals surface area contributed by atoms with Gasteiger partial charge in [-0.25, -0.2) is 0 Å². The van der Waals surface area contributed by atoms with Crippen LogP contribution in [0.4, 0.5) is 0 Å². The third-order valence-corrected chi connectivity index (χ3v) is 4.38. The zero-order chi connectivity index (χ0) is 13.7. The molecule has 0 aliphatic heterocycles. The predicted molar refractivity (Wildman–Crippen MR) is 78.3 cm³/mol. The fraction of sp³-hybridized carbons (Fsp3) is 0.533. The number of aliphatic hydroxyl groups excluding tert-OH is 1. The Kier molecular flexibility index (Phi) is 5.28. The molecule has 1 aliphatic carbocycles. The van der Waals surface area contributed by atoms with Gasteiger partial charge in [-0.15, -0.1) is 11.8 Å². The Morgan fingerprint density at radius 3 is 2.68 bits per heavy atom. The average Bonchev–Trinajstić information content (AvgIpc) is 3.22.